The minimum Gasteiger partial charge on any atom is -0.487 e. The monoisotopic (exact) mass is 359 g/mol. The van der Waals surface area contributed by atoms with Gasteiger partial charge in [0.05, 0.1) is 29.7 Å². The number of ether oxygens (including phenoxy) is 1. The van der Waals surface area contributed by atoms with Crippen molar-refractivity contribution in [1.29, 1.82) is 0 Å². The van der Waals surface area contributed by atoms with Crippen molar-refractivity contribution in [2.75, 3.05) is 11.9 Å². The SMILES string of the molecule is CC1COc2c(NCc3cn[nH]n3)c(F)cc3c(=O)c(C(=O)O)cn1c23. The lowest BCUT2D eigenvalue weighted by Gasteiger charge is -2.28. The number of nitrogens with one attached hydrogen (secondary N) is 2. The van der Waals surface area contributed by atoms with E-state index >= 15 is 0 Å². The first-order chi connectivity index (χ1) is 12.5. The Labute approximate surface area is 145 Å². The Morgan fingerprint density at radius 1 is 1.58 bits per heavy atom. The van der Waals surface area contributed by atoms with E-state index < -0.39 is 22.8 Å². The fraction of sp³-hybridized carbons (Fsp3) is 0.250. The summed E-state index contributed by atoms with van der Waals surface area (Å²) in [6.07, 6.45) is 2.78. The molecule has 0 saturated heterocycles. The quantitative estimate of drug-likeness (QED) is 0.645. The van der Waals surface area contributed by atoms with Crippen molar-refractivity contribution < 1.29 is 19.0 Å². The van der Waals surface area contributed by atoms with Gasteiger partial charge in [-0.15, -0.1) is 0 Å². The van der Waals surface area contributed by atoms with Crippen LogP contribution in [0, 0.1) is 5.82 Å². The number of nitrogens with zero attached hydrogens (tertiary/aromatic N) is 3. The van der Waals surface area contributed by atoms with Crippen molar-refractivity contribution in [2.24, 2.45) is 0 Å². The summed E-state index contributed by atoms with van der Waals surface area (Å²) in [7, 11) is 0. The predicted molar refractivity (Wildman–Crippen MR) is 89.0 cm³/mol. The molecule has 0 amide bonds. The van der Waals surface area contributed by atoms with Gasteiger partial charge in [-0.25, -0.2) is 9.18 Å². The van der Waals surface area contributed by atoms with Gasteiger partial charge in [-0.05, 0) is 13.0 Å². The lowest BCUT2D eigenvalue weighted by Crippen LogP contribution is -2.27. The van der Waals surface area contributed by atoms with Crippen molar-refractivity contribution in [1.82, 2.24) is 20.0 Å². The van der Waals surface area contributed by atoms with E-state index in [0.29, 0.717) is 11.2 Å². The van der Waals surface area contributed by atoms with Gasteiger partial charge in [0.1, 0.15) is 23.6 Å². The number of hydrogen-bond acceptors (Lipinski definition) is 6. The summed E-state index contributed by atoms with van der Waals surface area (Å²) in [5, 5.41) is 22.2. The maximum absolute atomic E-state index is 14.7. The van der Waals surface area contributed by atoms with E-state index in [4.69, 9.17) is 4.74 Å². The molecule has 3 N–H and O–H groups in total. The van der Waals surface area contributed by atoms with E-state index in [-0.39, 0.29) is 36.0 Å². The molecule has 0 spiro atoms. The molecule has 1 aliphatic rings. The van der Waals surface area contributed by atoms with Crippen molar-refractivity contribution in [2.45, 2.75) is 19.5 Å². The third kappa shape index (κ3) is 2.38. The first-order valence-corrected chi connectivity index (χ1v) is 7.83. The second-order valence-electron chi connectivity index (χ2n) is 6.02. The molecule has 1 unspecified atom stereocenters. The highest BCUT2D eigenvalue weighted by molar-refractivity contribution is 5.97. The molecule has 3 aromatic rings. The van der Waals surface area contributed by atoms with Crippen molar-refractivity contribution in [3.63, 3.8) is 0 Å². The average Bonchev–Trinajstić information content (AvgIpc) is 3.12. The summed E-state index contributed by atoms with van der Waals surface area (Å²) in [6.45, 7) is 2.23. The highest BCUT2D eigenvalue weighted by atomic mass is 19.1. The molecule has 0 bridgehead atoms. The van der Waals surface area contributed by atoms with Crippen LogP contribution >= 0.6 is 0 Å². The van der Waals surface area contributed by atoms with Gasteiger partial charge >= 0.3 is 5.97 Å². The molecule has 1 atom stereocenters. The summed E-state index contributed by atoms with van der Waals surface area (Å²) in [4.78, 5) is 23.8. The number of carboxylic acids is 1. The van der Waals surface area contributed by atoms with Gasteiger partial charge in [0.15, 0.2) is 11.6 Å². The number of rotatable bonds is 4. The molecule has 9 nitrogen and oxygen atoms in total. The van der Waals surface area contributed by atoms with Gasteiger partial charge in [-0.3, -0.25) is 4.79 Å². The maximum atomic E-state index is 14.7. The van der Waals surface area contributed by atoms with Crippen LogP contribution in [-0.4, -0.2) is 37.7 Å². The van der Waals surface area contributed by atoms with Gasteiger partial charge in [0, 0.05) is 6.20 Å². The van der Waals surface area contributed by atoms with Crippen LogP contribution in [-0.2, 0) is 6.54 Å². The third-order valence-electron chi connectivity index (χ3n) is 4.31. The van der Waals surface area contributed by atoms with E-state index in [2.05, 4.69) is 20.7 Å². The topological polar surface area (TPSA) is 122 Å². The molecule has 134 valence electrons. The van der Waals surface area contributed by atoms with E-state index in [0.717, 1.165) is 6.07 Å². The summed E-state index contributed by atoms with van der Waals surface area (Å²) < 4.78 is 22.0. The van der Waals surface area contributed by atoms with E-state index in [1.54, 1.807) is 4.57 Å². The third-order valence-corrected chi connectivity index (χ3v) is 4.31. The Morgan fingerprint density at radius 3 is 3.08 bits per heavy atom. The highest BCUT2D eigenvalue weighted by Crippen LogP contribution is 2.39. The molecule has 1 aliphatic heterocycles. The smallest absolute Gasteiger partial charge is 0.341 e. The molecule has 10 heteroatoms. The Bertz CT molecular complexity index is 1080. The molecule has 0 aliphatic carbocycles. The van der Waals surface area contributed by atoms with Crippen LogP contribution in [0.3, 0.4) is 0 Å². The number of aromatic carboxylic acids is 1. The molecule has 0 radical (unpaired) electrons. The first-order valence-electron chi connectivity index (χ1n) is 7.83. The molecular formula is C16H14FN5O4. The Balaban J connectivity index is 1.94. The van der Waals surface area contributed by atoms with Crippen LogP contribution < -0.4 is 15.5 Å². The van der Waals surface area contributed by atoms with Gasteiger partial charge in [-0.2, -0.15) is 15.4 Å². The predicted octanol–water partition coefficient (Wildman–Crippen LogP) is 1.52. The Morgan fingerprint density at radius 2 is 2.38 bits per heavy atom. The van der Waals surface area contributed by atoms with Crippen LogP contribution in [0.15, 0.2) is 23.3 Å². The number of anilines is 1. The van der Waals surface area contributed by atoms with E-state index in [9.17, 15) is 19.1 Å². The van der Waals surface area contributed by atoms with Crippen LogP contribution in [0.25, 0.3) is 10.9 Å². The number of hydrogen-bond donors (Lipinski definition) is 3. The second kappa shape index (κ2) is 5.83. The van der Waals surface area contributed by atoms with Crippen LogP contribution in [0.5, 0.6) is 5.75 Å². The molecule has 0 saturated carbocycles. The van der Waals surface area contributed by atoms with Gasteiger partial charge in [-0.1, -0.05) is 0 Å². The number of carboxylic acid groups (broad SMARTS) is 1. The number of aromatic nitrogens is 4. The summed E-state index contributed by atoms with van der Waals surface area (Å²) >= 11 is 0. The maximum Gasteiger partial charge on any atom is 0.341 e. The average molecular weight is 359 g/mol. The number of carbonyl (C=O) groups is 1. The van der Waals surface area contributed by atoms with Gasteiger partial charge in [0.2, 0.25) is 5.43 Å². The van der Waals surface area contributed by atoms with Crippen LogP contribution in [0.4, 0.5) is 10.1 Å². The lowest BCUT2D eigenvalue weighted by molar-refractivity contribution is 0.0694. The normalized spacial score (nSPS) is 15.7. The van der Waals surface area contributed by atoms with Crippen LogP contribution in [0.1, 0.15) is 29.0 Å². The van der Waals surface area contributed by atoms with Gasteiger partial charge < -0.3 is 19.7 Å². The number of benzene rings is 1. The fourth-order valence-corrected chi connectivity index (χ4v) is 3.03. The minimum atomic E-state index is -1.35. The number of pyridine rings is 1. The van der Waals surface area contributed by atoms with E-state index in [1.807, 2.05) is 6.92 Å². The molecule has 2 aromatic heterocycles. The standard InChI is InChI=1S/C16H14FN5O4/c1-7-6-26-15-12(18-3-8-4-19-21-20-8)11(17)2-9-13(15)22(7)5-10(14(9)23)16(24)25/h2,4-5,7,18H,3,6H2,1H3,(H,24,25)(H,19,20,21). The first kappa shape index (κ1) is 16.1. The molecule has 4 rings (SSSR count). The molecular weight excluding hydrogens is 345 g/mol. The van der Waals surface area contributed by atoms with Crippen molar-refractivity contribution in [3.8, 4) is 5.75 Å². The van der Waals surface area contributed by atoms with Crippen molar-refractivity contribution >= 4 is 22.6 Å². The van der Waals surface area contributed by atoms with E-state index in [1.165, 1.54) is 12.4 Å². The number of halogens is 1. The molecule has 3 heterocycles. The zero-order valence-electron chi connectivity index (χ0n) is 13.6. The van der Waals surface area contributed by atoms with Gasteiger partial charge in [0.25, 0.3) is 0 Å². The molecule has 1 aromatic carbocycles. The summed E-state index contributed by atoms with van der Waals surface area (Å²) in [5.41, 5.74) is -0.129. The zero-order chi connectivity index (χ0) is 18.4. The Kier molecular flexibility index (Phi) is 3.60. The van der Waals surface area contributed by atoms with Crippen LogP contribution in [0.2, 0.25) is 0 Å². The van der Waals surface area contributed by atoms with Crippen molar-refractivity contribution in [3.05, 3.63) is 45.8 Å². The zero-order valence-corrected chi connectivity index (χ0v) is 13.6. The molecule has 26 heavy (non-hydrogen) atoms. The lowest BCUT2D eigenvalue weighted by atomic mass is 10.1. The summed E-state index contributed by atoms with van der Waals surface area (Å²) in [6, 6.07) is 0.828. The molecule has 0 fully saturated rings. The number of H-pyrrole nitrogens is 1. The highest BCUT2D eigenvalue weighted by Gasteiger charge is 2.27. The fourth-order valence-electron chi connectivity index (χ4n) is 3.03. The minimum absolute atomic E-state index is 0.0315. The Hall–Kier alpha value is -3.43. The summed E-state index contributed by atoms with van der Waals surface area (Å²) in [5.74, 6) is -1.89. The largest absolute Gasteiger partial charge is 0.487 e. The number of aromatic amines is 1. The second-order valence-corrected chi connectivity index (χ2v) is 6.02.